The van der Waals surface area contributed by atoms with Crippen molar-refractivity contribution in [2.45, 2.75) is 26.9 Å². The number of hydrogen-bond donors (Lipinski definition) is 0. The standard InChI is InChI=1S/C14H20N2/c1-5-16-13(10-15(3)4)9-12-8-6-7-11(2)14(12)16/h6-9H,5,10H2,1-4H3. The second kappa shape index (κ2) is 4.30. The lowest BCUT2D eigenvalue weighted by Crippen LogP contribution is -2.14. The first-order chi connectivity index (χ1) is 7.63. The molecule has 0 aliphatic heterocycles. The van der Waals surface area contributed by atoms with Crippen LogP contribution in [0.1, 0.15) is 18.2 Å². The van der Waals surface area contributed by atoms with E-state index in [2.05, 4.69) is 61.7 Å². The van der Waals surface area contributed by atoms with Crippen LogP contribution >= 0.6 is 0 Å². The summed E-state index contributed by atoms with van der Waals surface area (Å²) >= 11 is 0. The predicted molar refractivity (Wildman–Crippen MR) is 69.7 cm³/mol. The second-order valence-electron chi connectivity index (χ2n) is 4.63. The molecule has 0 amide bonds. The van der Waals surface area contributed by atoms with Crippen molar-refractivity contribution < 1.29 is 0 Å². The number of aromatic nitrogens is 1. The summed E-state index contributed by atoms with van der Waals surface area (Å²) < 4.78 is 2.42. The number of hydrogen-bond acceptors (Lipinski definition) is 1. The summed E-state index contributed by atoms with van der Waals surface area (Å²) in [7, 11) is 4.23. The molecule has 0 N–H and O–H groups in total. The van der Waals surface area contributed by atoms with Crippen molar-refractivity contribution in [2.75, 3.05) is 14.1 Å². The zero-order valence-electron chi connectivity index (χ0n) is 10.6. The SMILES string of the molecule is CCn1c(CN(C)C)cc2cccc(C)c21. The van der Waals surface area contributed by atoms with Gasteiger partial charge in [-0.2, -0.15) is 0 Å². The Hall–Kier alpha value is -1.28. The molecular weight excluding hydrogens is 196 g/mol. The van der Waals surface area contributed by atoms with Crippen LogP contribution in [-0.2, 0) is 13.1 Å². The van der Waals surface area contributed by atoms with Gasteiger partial charge in [0.05, 0.1) is 5.52 Å². The molecule has 0 unspecified atom stereocenters. The molecule has 0 saturated heterocycles. The van der Waals surface area contributed by atoms with Crippen molar-refractivity contribution in [3.05, 3.63) is 35.5 Å². The number of benzene rings is 1. The molecule has 0 radical (unpaired) electrons. The van der Waals surface area contributed by atoms with Crippen molar-refractivity contribution in [3.8, 4) is 0 Å². The van der Waals surface area contributed by atoms with Crippen LogP contribution in [0.15, 0.2) is 24.3 Å². The molecule has 86 valence electrons. The number of para-hydroxylation sites is 1. The molecule has 2 heteroatoms. The van der Waals surface area contributed by atoms with E-state index < -0.39 is 0 Å². The molecule has 0 atom stereocenters. The highest BCUT2D eigenvalue weighted by molar-refractivity contribution is 5.84. The second-order valence-corrected chi connectivity index (χ2v) is 4.63. The van der Waals surface area contributed by atoms with Crippen LogP contribution < -0.4 is 0 Å². The van der Waals surface area contributed by atoms with Crippen LogP contribution in [0.5, 0.6) is 0 Å². The lowest BCUT2D eigenvalue weighted by molar-refractivity contribution is 0.389. The summed E-state index contributed by atoms with van der Waals surface area (Å²) in [5.74, 6) is 0. The number of nitrogens with zero attached hydrogens (tertiary/aromatic N) is 2. The van der Waals surface area contributed by atoms with Gasteiger partial charge in [-0.25, -0.2) is 0 Å². The van der Waals surface area contributed by atoms with E-state index in [-0.39, 0.29) is 0 Å². The van der Waals surface area contributed by atoms with Gasteiger partial charge in [-0.05, 0) is 39.6 Å². The monoisotopic (exact) mass is 216 g/mol. The summed E-state index contributed by atoms with van der Waals surface area (Å²) in [6.45, 7) is 6.44. The Morgan fingerprint density at radius 3 is 2.62 bits per heavy atom. The molecule has 2 rings (SSSR count). The van der Waals surface area contributed by atoms with Gasteiger partial charge >= 0.3 is 0 Å². The Labute approximate surface area is 97.5 Å². The fraction of sp³-hybridized carbons (Fsp3) is 0.429. The summed E-state index contributed by atoms with van der Waals surface area (Å²) in [6.07, 6.45) is 0. The molecule has 2 aromatic rings. The third kappa shape index (κ3) is 1.85. The van der Waals surface area contributed by atoms with Crippen molar-refractivity contribution in [2.24, 2.45) is 0 Å². The normalized spacial score (nSPS) is 11.6. The number of aryl methyl sites for hydroxylation is 2. The Bertz CT molecular complexity index is 495. The maximum Gasteiger partial charge on any atom is 0.0512 e. The first kappa shape index (κ1) is 11.2. The average molecular weight is 216 g/mol. The molecule has 1 aromatic carbocycles. The Morgan fingerprint density at radius 1 is 1.25 bits per heavy atom. The molecule has 0 saturated carbocycles. The lowest BCUT2D eigenvalue weighted by Gasteiger charge is -2.13. The minimum absolute atomic E-state index is 1.00. The Balaban J connectivity index is 2.62. The van der Waals surface area contributed by atoms with Gasteiger partial charge in [0.25, 0.3) is 0 Å². The molecule has 0 aliphatic rings. The van der Waals surface area contributed by atoms with Crippen molar-refractivity contribution in [3.63, 3.8) is 0 Å². The van der Waals surface area contributed by atoms with E-state index in [1.165, 1.54) is 22.2 Å². The minimum atomic E-state index is 1.00. The molecular formula is C14H20N2. The average Bonchev–Trinajstić information content (AvgIpc) is 2.55. The molecule has 2 nitrogen and oxygen atoms in total. The van der Waals surface area contributed by atoms with Crippen LogP contribution in [0.25, 0.3) is 10.9 Å². The summed E-state index contributed by atoms with van der Waals surface area (Å²) in [5.41, 5.74) is 4.16. The van der Waals surface area contributed by atoms with Crippen molar-refractivity contribution in [1.82, 2.24) is 9.47 Å². The molecule has 1 aromatic heterocycles. The number of fused-ring (bicyclic) bond motifs is 1. The predicted octanol–water partition coefficient (Wildman–Crippen LogP) is 3.03. The van der Waals surface area contributed by atoms with Gasteiger partial charge in [0, 0.05) is 24.2 Å². The molecule has 16 heavy (non-hydrogen) atoms. The summed E-state index contributed by atoms with van der Waals surface area (Å²) in [4.78, 5) is 2.22. The first-order valence-electron chi connectivity index (χ1n) is 5.86. The van der Waals surface area contributed by atoms with E-state index in [1.54, 1.807) is 0 Å². The zero-order chi connectivity index (χ0) is 11.7. The topological polar surface area (TPSA) is 8.17 Å². The van der Waals surface area contributed by atoms with Gasteiger partial charge in [-0.1, -0.05) is 18.2 Å². The van der Waals surface area contributed by atoms with Crippen molar-refractivity contribution >= 4 is 10.9 Å². The van der Waals surface area contributed by atoms with Crippen LogP contribution in [0.4, 0.5) is 0 Å². The summed E-state index contributed by atoms with van der Waals surface area (Å²) in [5, 5.41) is 1.36. The van der Waals surface area contributed by atoms with Crippen molar-refractivity contribution in [1.29, 1.82) is 0 Å². The van der Waals surface area contributed by atoms with E-state index in [4.69, 9.17) is 0 Å². The highest BCUT2D eigenvalue weighted by Crippen LogP contribution is 2.23. The van der Waals surface area contributed by atoms with Crippen LogP contribution in [0.2, 0.25) is 0 Å². The van der Waals surface area contributed by atoms with E-state index in [9.17, 15) is 0 Å². The quantitative estimate of drug-likeness (QED) is 0.765. The zero-order valence-corrected chi connectivity index (χ0v) is 10.6. The smallest absolute Gasteiger partial charge is 0.0512 e. The molecule has 1 heterocycles. The van der Waals surface area contributed by atoms with E-state index in [1.807, 2.05) is 0 Å². The third-order valence-corrected chi connectivity index (χ3v) is 3.00. The molecule has 0 aliphatic carbocycles. The van der Waals surface area contributed by atoms with Gasteiger partial charge in [0.2, 0.25) is 0 Å². The fourth-order valence-electron chi connectivity index (χ4n) is 2.38. The van der Waals surface area contributed by atoms with Gasteiger partial charge < -0.3 is 9.47 Å². The molecule has 0 bridgehead atoms. The van der Waals surface area contributed by atoms with Crippen LogP contribution in [0.3, 0.4) is 0 Å². The van der Waals surface area contributed by atoms with E-state index >= 15 is 0 Å². The van der Waals surface area contributed by atoms with Gasteiger partial charge in [-0.3, -0.25) is 0 Å². The molecule has 0 fully saturated rings. The lowest BCUT2D eigenvalue weighted by atomic mass is 10.2. The van der Waals surface area contributed by atoms with E-state index in [0.717, 1.165) is 13.1 Å². The largest absolute Gasteiger partial charge is 0.343 e. The van der Waals surface area contributed by atoms with Crippen LogP contribution in [-0.4, -0.2) is 23.6 Å². The van der Waals surface area contributed by atoms with Crippen LogP contribution in [0, 0.1) is 6.92 Å². The maximum absolute atomic E-state index is 2.42. The number of rotatable bonds is 3. The van der Waals surface area contributed by atoms with Gasteiger partial charge in [-0.15, -0.1) is 0 Å². The highest BCUT2D eigenvalue weighted by Gasteiger charge is 2.09. The Morgan fingerprint density at radius 2 is 2.00 bits per heavy atom. The fourth-order valence-corrected chi connectivity index (χ4v) is 2.38. The van der Waals surface area contributed by atoms with Gasteiger partial charge in [0.15, 0.2) is 0 Å². The third-order valence-electron chi connectivity index (χ3n) is 3.00. The highest BCUT2D eigenvalue weighted by atomic mass is 15.1. The molecule has 0 spiro atoms. The summed E-state index contributed by atoms with van der Waals surface area (Å²) in [6, 6.07) is 8.84. The van der Waals surface area contributed by atoms with Gasteiger partial charge in [0.1, 0.15) is 0 Å². The minimum Gasteiger partial charge on any atom is -0.343 e. The van der Waals surface area contributed by atoms with E-state index in [0.29, 0.717) is 0 Å². The Kier molecular flexibility index (Phi) is 3.01. The maximum atomic E-state index is 2.42. The first-order valence-corrected chi connectivity index (χ1v) is 5.86.